The van der Waals surface area contributed by atoms with Gasteiger partial charge in [-0.25, -0.2) is 4.98 Å². The van der Waals surface area contributed by atoms with Crippen LogP contribution in [0.2, 0.25) is 0 Å². The predicted octanol–water partition coefficient (Wildman–Crippen LogP) is 5.49. The number of hydrogen-bond donors (Lipinski definition) is 1. The van der Waals surface area contributed by atoms with Gasteiger partial charge in [0.2, 0.25) is 0 Å². The fraction of sp³-hybridized carbons (Fsp3) is 0.0952. The van der Waals surface area contributed by atoms with Crippen molar-refractivity contribution in [1.82, 2.24) is 9.97 Å². The van der Waals surface area contributed by atoms with Crippen molar-refractivity contribution in [2.24, 2.45) is 0 Å². The summed E-state index contributed by atoms with van der Waals surface area (Å²) in [5.74, 6) is 2.24. The number of nitrogens with one attached hydrogen (secondary N) is 1. The number of thiophene rings is 1. The number of hydrogen-bond acceptors (Lipinski definition) is 4. The molecule has 2 aromatic carbocycles. The van der Waals surface area contributed by atoms with Gasteiger partial charge in [-0.3, -0.25) is 0 Å². The standard InChI is InChI=1S/C21H18N2O2S/c1-24-15-10-11-16(17(13-15)25-2)21-22-19(14-7-4-3-5-8-14)20(23-21)18-9-6-12-26-18/h3-13H,1-2H3,(H,22,23). The van der Waals surface area contributed by atoms with E-state index in [4.69, 9.17) is 14.5 Å². The molecule has 4 nitrogen and oxygen atoms in total. The lowest BCUT2D eigenvalue weighted by Crippen LogP contribution is -1.91. The van der Waals surface area contributed by atoms with Gasteiger partial charge in [0.15, 0.2) is 0 Å². The van der Waals surface area contributed by atoms with Gasteiger partial charge in [-0.1, -0.05) is 36.4 Å². The van der Waals surface area contributed by atoms with Crippen molar-refractivity contribution in [1.29, 1.82) is 0 Å². The van der Waals surface area contributed by atoms with Crippen LogP contribution in [-0.4, -0.2) is 24.2 Å². The van der Waals surface area contributed by atoms with E-state index in [1.807, 2.05) is 42.5 Å². The molecule has 0 aliphatic carbocycles. The zero-order valence-electron chi connectivity index (χ0n) is 14.5. The summed E-state index contributed by atoms with van der Waals surface area (Å²) < 4.78 is 10.8. The molecule has 130 valence electrons. The minimum atomic E-state index is 0.718. The summed E-state index contributed by atoms with van der Waals surface area (Å²) in [6, 6.07) is 20.1. The minimum Gasteiger partial charge on any atom is -0.497 e. The molecule has 0 aliphatic rings. The highest BCUT2D eigenvalue weighted by Gasteiger charge is 2.18. The summed E-state index contributed by atoms with van der Waals surface area (Å²) in [4.78, 5) is 9.54. The van der Waals surface area contributed by atoms with Gasteiger partial charge < -0.3 is 14.5 Å². The summed E-state index contributed by atoms with van der Waals surface area (Å²) in [6.45, 7) is 0. The van der Waals surface area contributed by atoms with Crippen molar-refractivity contribution >= 4 is 11.3 Å². The zero-order chi connectivity index (χ0) is 17.9. The molecule has 0 bridgehead atoms. The Kier molecular flexibility index (Phi) is 4.46. The molecule has 0 saturated carbocycles. The molecule has 0 unspecified atom stereocenters. The average Bonchev–Trinajstić information content (AvgIpc) is 3.37. The first-order valence-corrected chi connectivity index (χ1v) is 9.10. The molecular formula is C21H18N2O2S. The van der Waals surface area contributed by atoms with E-state index < -0.39 is 0 Å². The molecule has 0 aliphatic heterocycles. The first-order valence-electron chi connectivity index (χ1n) is 8.22. The summed E-state index contributed by atoms with van der Waals surface area (Å²) in [5, 5.41) is 2.07. The second kappa shape index (κ2) is 7.06. The van der Waals surface area contributed by atoms with Gasteiger partial charge in [0.25, 0.3) is 0 Å². The van der Waals surface area contributed by atoms with Crippen LogP contribution in [0.4, 0.5) is 0 Å². The smallest absolute Gasteiger partial charge is 0.142 e. The zero-order valence-corrected chi connectivity index (χ0v) is 15.3. The molecule has 1 N–H and O–H groups in total. The Hall–Kier alpha value is -3.05. The van der Waals surface area contributed by atoms with Gasteiger partial charge >= 0.3 is 0 Å². The average molecular weight is 362 g/mol. The third kappa shape index (κ3) is 2.97. The maximum absolute atomic E-state index is 5.55. The third-order valence-corrected chi connectivity index (χ3v) is 5.07. The first kappa shape index (κ1) is 16.4. The van der Waals surface area contributed by atoms with Crippen LogP contribution in [0, 0.1) is 0 Å². The molecule has 0 radical (unpaired) electrons. The fourth-order valence-electron chi connectivity index (χ4n) is 2.90. The Bertz CT molecular complexity index is 1010. The Labute approximate surface area is 156 Å². The molecule has 0 atom stereocenters. The van der Waals surface area contributed by atoms with E-state index in [9.17, 15) is 0 Å². The van der Waals surface area contributed by atoms with E-state index in [0.29, 0.717) is 0 Å². The highest BCUT2D eigenvalue weighted by Crippen LogP contribution is 2.38. The van der Waals surface area contributed by atoms with Gasteiger partial charge in [0.1, 0.15) is 17.3 Å². The van der Waals surface area contributed by atoms with Crippen LogP contribution in [0.25, 0.3) is 33.2 Å². The number of benzene rings is 2. The van der Waals surface area contributed by atoms with Gasteiger partial charge in [-0.2, -0.15) is 0 Å². The summed E-state index contributed by atoms with van der Waals surface area (Å²) >= 11 is 1.69. The summed E-state index contributed by atoms with van der Waals surface area (Å²) in [6.07, 6.45) is 0. The Morgan fingerprint density at radius 3 is 2.46 bits per heavy atom. The van der Waals surface area contributed by atoms with Crippen LogP contribution in [0.1, 0.15) is 0 Å². The molecule has 2 aromatic heterocycles. The van der Waals surface area contributed by atoms with Crippen LogP contribution < -0.4 is 9.47 Å². The number of H-pyrrole nitrogens is 1. The van der Waals surface area contributed by atoms with Crippen LogP contribution in [-0.2, 0) is 0 Å². The third-order valence-electron chi connectivity index (χ3n) is 4.18. The molecule has 0 saturated heterocycles. The lowest BCUT2D eigenvalue weighted by atomic mass is 10.1. The number of methoxy groups -OCH3 is 2. The summed E-state index contributed by atoms with van der Waals surface area (Å²) in [5.41, 5.74) is 3.92. The van der Waals surface area contributed by atoms with Crippen molar-refractivity contribution in [2.45, 2.75) is 0 Å². The van der Waals surface area contributed by atoms with E-state index in [2.05, 4.69) is 28.6 Å². The number of rotatable bonds is 5. The van der Waals surface area contributed by atoms with E-state index >= 15 is 0 Å². The molecule has 0 fully saturated rings. The molecule has 4 aromatic rings. The van der Waals surface area contributed by atoms with Crippen LogP contribution in [0.5, 0.6) is 11.5 Å². The molecule has 0 spiro atoms. The van der Waals surface area contributed by atoms with Crippen LogP contribution in [0.15, 0.2) is 66.0 Å². The Balaban J connectivity index is 1.89. The maximum Gasteiger partial charge on any atom is 0.142 e. The van der Waals surface area contributed by atoms with Crippen molar-refractivity contribution in [2.75, 3.05) is 14.2 Å². The molecule has 26 heavy (non-hydrogen) atoms. The lowest BCUT2D eigenvalue weighted by Gasteiger charge is -2.08. The topological polar surface area (TPSA) is 47.1 Å². The second-order valence-corrected chi connectivity index (χ2v) is 6.67. The predicted molar refractivity (Wildman–Crippen MR) is 106 cm³/mol. The minimum absolute atomic E-state index is 0.718. The summed E-state index contributed by atoms with van der Waals surface area (Å²) in [7, 11) is 3.29. The molecular weight excluding hydrogens is 344 g/mol. The van der Waals surface area contributed by atoms with E-state index in [1.165, 1.54) is 0 Å². The number of nitrogens with zero attached hydrogens (tertiary/aromatic N) is 1. The normalized spacial score (nSPS) is 10.7. The van der Waals surface area contributed by atoms with Gasteiger partial charge in [0, 0.05) is 11.6 Å². The van der Waals surface area contributed by atoms with E-state index in [-0.39, 0.29) is 0 Å². The second-order valence-electron chi connectivity index (χ2n) is 5.72. The van der Waals surface area contributed by atoms with Crippen molar-refractivity contribution in [3.63, 3.8) is 0 Å². The highest BCUT2D eigenvalue weighted by atomic mass is 32.1. The fourth-order valence-corrected chi connectivity index (χ4v) is 3.63. The maximum atomic E-state index is 5.55. The van der Waals surface area contributed by atoms with E-state index in [0.717, 1.165) is 44.7 Å². The monoisotopic (exact) mass is 362 g/mol. The van der Waals surface area contributed by atoms with Crippen LogP contribution in [0.3, 0.4) is 0 Å². The molecule has 0 amide bonds. The number of imidazole rings is 1. The molecule has 4 rings (SSSR count). The molecule has 2 heterocycles. The number of aromatic nitrogens is 2. The number of aromatic amines is 1. The quantitative estimate of drug-likeness (QED) is 0.511. The largest absolute Gasteiger partial charge is 0.497 e. The Morgan fingerprint density at radius 2 is 1.77 bits per heavy atom. The SMILES string of the molecule is COc1ccc(-c2nc(-c3ccccc3)c(-c3cccs3)[nH]2)c(OC)c1. The van der Waals surface area contributed by atoms with Crippen molar-refractivity contribution in [3.05, 3.63) is 66.0 Å². The van der Waals surface area contributed by atoms with Crippen molar-refractivity contribution < 1.29 is 9.47 Å². The van der Waals surface area contributed by atoms with Crippen molar-refractivity contribution in [3.8, 4) is 44.7 Å². The van der Waals surface area contributed by atoms with Gasteiger partial charge in [-0.05, 0) is 23.6 Å². The van der Waals surface area contributed by atoms with Gasteiger partial charge in [0.05, 0.1) is 36.0 Å². The first-order chi connectivity index (χ1) is 12.8. The highest BCUT2D eigenvalue weighted by molar-refractivity contribution is 7.13. The molecule has 5 heteroatoms. The Morgan fingerprint density at radius 1 is 0.923 bits per heavy atom. The van der Waals surface area contributed by atoms with E-state index in [1.54, 1.807) is 25.6 Å². The van der Waals surface area contributed by atoms with Crippen LogP contribution >= 0.6 is 11.3 Å². The lowest BCUT2D eigenvalue weighted by molar-refractivity contribution is 0.395. The number of ether oxygens (including phenoxy) is 2. The van der Waals surface area contributed by atoms with Gasteiger partial charge in [-0.15, -0.1) is 11.3 Å².